The highest BCUT2D eigenvalue weighted by molar-refractivity contribution is 5.86. The zero-order valence-corrected chi connectivity index (χ0v) is 16.1. The Kier molecular flexibility index (Phi) is 3.08. The summed E-state index contributed by atoms with van der Waals surface area (Å²) in [5.74, 6) is 0.305. The van der Waals surface area contributed by atoms with E-state index in [1.54, 1.807) is 0 Å². The number of esters is 1. The van der Waals surface area contributed by atoms with Gasteiger partial charge in [-0.3, -0.25) is 9.69 Å². The normalized spacial score (nSPS) is 40.4. The Hall–Kier alpha value is -1.85. The van der Waals surface area contributed by atoms with Crippen LogP contribution in [-0.2, 0) is 27.7 Å². The molecule has 5 heterocycles. The highest BCUT2D eigenvalue weighted by Crippen LogP contribution is 2.56. The molecule has 4 aliphatic heterocycles. The van der Waals surface area contributed by atoms with Gasteiger partial charge < -0.3 is 14.0 Å². The van der Waals surface area contributed by atoms with Crippen LogP contribution in [0.1, 0.15) is 37.1 Å². The molecule has 0 aliphatic carbocycles. The van der Waals surface area contributed by atoms with Crippen molar-refractivity contribution in [2.45, 2.75) is 44.1 Å². The number of carbonyl (C=O) groups is 1. The lowest BCUT2D eigenvalue weighted by molar-refractivity contribution is -0.271. The molecule has 0 N–H and O–H groups in total. The van der Waals surface area contributed by atoms with Crippen molar-refractivity contribution in [1.29, 1.82) is 0 Å². The van der Waals surface area contributed by atoms with Crippen molar-refractivity contribution in [2.75, 3.05) is 13.7 Å². The third kappa shape index (κ3) is 1.94. The fourth-order valence-electron chi connectivity index (χ4n) is 6.70. The maximum Gasteiger partial charge on any atom is 0.308 e. The largest absolute Gasteiger partial charge is 0.433 e. The summed E-state index contributed by atoms with van der Waals surface area (Å²) in [7, 11) is 4.48. The molecule has 6 atom stereocenters. The first-order valence-electron chi connectivity index (χ1n) is 10.1. The highest BCUT2D eigenvalue weighted by Gasteiger charge is 2.60. The Balaban J connectivity index is 1.49. The van der Waals surface area contributed by atoms with Gasteiger partial charge in [-0.15, -0.1) is 0 Å². The number of likely N-dealkylation sites (N-methyl/N-ethyl adjacent to an activating group) is 1. The molecule has 142 valence electrons. The zero-order valence-electron chi connectivity index (χ0n) is 16.1. The first kappa shape index (κ1) is 16.1. The van der Waals surface area contributed by atoms with Crippen molar-refractivity contribution in [1.82, 2.24) is 9.47 Å². The number of hydrogen-bond donors (Lipinski definition) is 0. The van der Waals surface area contributed by atoms with Crippen molar-refractivity contribution in [3.05, 3.63) is 35.5 Å². The number of hydrogen-bond acceptors (Lipinski definition) is 4. The van der Waals surface area contributed by atoms with Crippen LogP contribution in [-0.4, -0.2) is 40.9 Å². The van der Waals surface area contributed by atoms with Gasteiger partial charge in [-0.1, -0.05) is 18.2 Å². The van der Waals surface area contributed by atoms with E-state index < -0.39 is 5.79 Å². The number of benzene rings is 1. The molecule has 0 unspecified atom stereocenters. The van der Waals surface area contributed by atoms with Crippen molar-refractivity contribution >= 4 is 16.9 Å². The number of carbonyl (C=O) groups excluding carboxylic acids is 1. The van der Waals surface area contributed by atoms with Gasteiger partial charge in [0.15, 0.2) is 0 Å². The molecule has 4 aliphatic rings. The monoisotopic (exact) mass is 366 g/mol. The molecule has 1 aromatic carbocycles. The van der Waals surface area contributed by atoms with E-state index in [-0.39, 0.29) is 11.9 Å². The van der Waals surface area contributed by atoms with E-state index in [2.05, 4.69) is 47.8 Å². The lowest BCUT2D eigenvalue weighted by Crippen LogP contribution is -2.60. The molecule has 1 aromatic heterocycles. The fraction of sp³-hybridized carbons (Fsp3) is 0.591. The predicted molar refractivity (Wildman–Crippen MR) is 101 cm³/mol. The highest BCUT2D eigenvalue weighted by atomic mass is 16.7. The SMILES string of the molecule is CN1[C@H]2C[C@@H]3[C@@H](CO[C@@]4(C)OC(=O)C[C@@H]34)[C@@H]1Cc1c2n(C)c2ccccc12. The van der Waals surface area contributed by atoms with Gasteiger partial charge in [-0.05, 0) is 37.4 Å². The lowest BCUT2D eigenvalue weighted by Gasteiger charge is -2.56. The van der Waals surface area contributed by atoms with E-state index >= 15 is 0 Å². The summed E-state index contributed by atoms with van der Waals surface area (Å²) in [6.07, 6.45) is 2.64. The quantitative estimate of drug-likeness (QED) is 0.673. The van der Waals surface area contributed by atoms with Crippen LogP contribution in [0.5, 0.6) is 0 Å². The van der Waals surface area contributed by atoms with Gasteiger partial charge in [0.1, 0.15) is 0 Å². The summed E-state index contributed by atoms with van der Waals surface area (Å²) >= 11 is 0. The molecule has 0 saturated carbocycles. The minimum absolute atomic E-state index is 0.0995. The Morgan fingerprint density at radius 3 is 2.81 bits per heavy atom. The number of rotatable bonds is 0. The van der Waals surface area contributed by atoms with Crippen molar-refractivity contribution in [3.63, 3.8) is 0 Å². The van der Waals surface area contributed by atoms with Gasteiger partial charge in [0, 0.05) is 48.4 Å². The van der Waals surface area contributed by atoms with Crippen LogP contribution < -0.4 is 0 Å². The molecule has 3 saturated heterocycles. The number of piperidine rings is 1. The molecule has 5 nitrogen and oxygen atoms in total. The summed E-state index contributed by atoms with van der Waals surface area (Å²) in [5, 5.41) is 1.40. The Morgan fingerprint density at radius 2 is 1.96 bits per heavy atom. The predicted octanol–water partition coefficient (Wildman–Crippen LogP) is 3.02. The first-order chi connectivity index (χ1) is 13.0. The van der Waals surface area contributed by atoms with Gasteiger partial charge >= 0.3 is 5.97 Å². The zero-order chi connectivity index (χ0) is 18.5. The standard InChI is InChI=1S/C22H26N2O3/c1-22-16(10-20(25)27-22)13-8-19-21-14(9-18(23(19)2)15(13)11-26-22)12-6-4-5-7-17(12)24(21)3/h4-7,13,15-16,18-19H,8-11H2,1-3H3/t13-,15-,16+,18+,19+,22+/m1/s1. The number of ether oxygens (including phenoxy) is 2. The average Bonchev–Trinajstić information content (AvgIpc) is 3.10. The van der Waals surface area contributed by atoms with Crippen LogP contribution in [0.25, 0.3) is 10.9 Å². The molecule has 2 aromatic rings. The van der Waals surface area contributed by atoms with Crippen LogP contribution >= 0.6 is 0 Å². The summed E-state index contributed by atoms with van der Waals surface area (Å²) in [6, 6.07) is 9.64. The van der Waals surface area contributed by atoms with Crippen LogP contribution in [0.4, 0.5) is 0 Å². The van der Waals surface area contributed by atoms with Crippen molar-refractivity contribution in [2.24, 2.45) is 24.8 Å². The Labute approximate surface area is 159 Å². The second-order valence-electron chi connectivity index (χ2n) is 9.07. The molecular formula is C22H26N2O3. The second kappa shape index (κ2) is 5.15. The van der Waals surface area contributed by atoms with E-state index in [0.717, 1.165) is 12.8 Å². The molecule has 2 bridgehead atoms. The van der Waals surface area contributed by atoms with Gasteiger partial charge in [0.2, 0.25) is 5.79 Å². The van der Waals surface area contributed by atoms with Crippen LogP contribution in [0.2, 0.25) is 0 Å². The number of para-hydroxylation sites is 1. The third-order valence-electron chi connectivity index (χ3n) is 8.00. The van der Waals surface area contributed by atoms with Gasteiger partial charge in [-0.25, -0.2) is 0 Å². The van der Waals surface area contributed by atoms with Crippen molar-refractivity contribution in [3.8, 4) is 0 Å². The van der Waals surface area contributed by atoms with Gasteiger partial charge in [0.05, 0.1) is 19.1 Å². The molecule has 0 radical (unpaired) electrons. The van der Waals surface area contributed by atoms with Crippen LogP contribution in [0.3, 0.4) is 0 Å². The maximum atomic E-state index is 12.1. The van der Waals surface area contributed by atoms with Crippen LogP contribution in [0, 0.1) is 17.8 Å². The lowest BCUT2D eigenvalue weighted by atomic mass is 9.63. The van der Waals surface area contributed by atoms with E-state index in [9.17, 15) is 4.79 Å². The molecule has 0 spiro atoms. The maximum absolute atomic E-state index is 12.1. The minimum Gasteiger partial charge on any atom is -0.433 e. The molecule has 6 rings (SSSR count). The average molecular weight is 366 g/mol. The summed E-state index contributed by atoms with van der Waals surface area (Å²) in [6.45, 7) is 2.65. The minimum atomic E-state index is -0.718. The topological polar surface area (TPSA) is 43.7 Å². The molecule has 0 amide bonds. The van der Waals surface area contributed by atoms with E-state index in [0.29, 0.717) is 36.9 Å². The van der Waals surface area contributed by atoms with Gasteiger partial charge in [0.25, 0.3) is 0 Å². The second-order valence-corrected chi connectivity index (χ2v) is 9.07. The Bertz CT molecular complexity index is 966. The molecular weight excluding hydrogens is 340 g/mol. The smallest absolute Gasteiger partial charge is 0.308 e. The van der Waals surface area contributed by atoms with E-state index in [4.69, 9.17) is 9.47 Å². The molecule has 3 fully saturated rings. The number of aryl methyl sites for hydroxylation is 1. The summed E-state index contributed by atoms with van der Waals surface area (Å²) < 4.78 is 14.2. The molecule has 27 heavy (non-hydrogen) atoms. The first-order valence-corrected chi connectivity index (χ1v) is 10.1. The van der Waals surface area contributed by atoms with Gasteiger partial charge in [-0.2, -0.15) is 0 Å². The van der Waals surface area contributed by atoms with Crippen molar-refractivity contribution < 1.29 is 14.3 Å². The van der Waals surface area contributed by atoms with E-state index in [1.165, 1.54) is 22.2 Å². The number of aromatic nitrogens is 1. The van der Waals surface area contributed by atoms with E-state index in [1.807, 2.05) is 6.92 Å². The Morgan fingerprint density at radius 1 is 1.15 bits per heavy atom. The third-order valence-corrected chi connectivity index (χ3v) is 8.00. The molecule has 5 heteroatoms. The summed E-state index contributed by atoms with van der Waals surface area (Å²) in [5.41, 5.74) is 4.31. The summed E-state index contributed by atoms with van der Waals surface area (Å²) in [4.78, 5) is 14.6. The number of fused-ring (bicyclic) bond motifs is 10. The number of nitrogens with zero attached hydrogens (tertiary/aromatic N) is 2. The fourth-order valence-corrected chi connectivity index (χ4v) is 6.70. The van der Waals surface area contributed by atoms with Crippen LogP contribution in [0.15, 0.2) is 24.3 Å².